The molecule has 27 heavy (non-hydrogen) atoms. The normalized spacial score (nSPS) is 18.4. The van der Waals surface area contributed by atoms with Crippen LogP contribution < -0.4 is 10.6 Å². The summed E-state index contributed by atoms with van der Waals surface area (Å²) in [6.07, 6.45) is 2.33. The molecule has 4 rings (SSSR count). The lowest BCUT2D eigenvalue weighted by Crippen LogP contribution is -2.39. The van der Waals surface area contributed by atoms with Crippen LogP contribution in [0.1, 0.15) is 39.1 Å². The van der Waals surface area contributed by atoms with Gasteiger partial charge in [-0.15, -0.1) is 0 Å². The topological polar surface area (TPSA) is 78.5 Å². The summed E-state index contributed by atoms with van der Waals surface area (Å²) in [5, 5.41) is 5.02. The fourth-order valence-electron chi connectivity index (χ4n) is 3.69. The van der Waals surface area contributed by atoms with Gasteiger partial charge in [0.15, 0.2) is 0 Å². The van der Waals surface area contributed by atoms with Gasteiger partial charge in [0.1, 0.15) is 5.82 Å². The Morgan fingerprint density at radius 2 is 1.96 bits per heavy atom. The molecule has 2 aromatic rings. The summed E-state index contributed by atoms with van der Waals surface area (Å²) in [4.78, 5) is 37.8. The summed E-state index contributed by atoms with van der Waals surface area (Å²) >= 11 is 0. The zero-order chi connectivity index (χ0) is 19.0. The van der Waals surface area contributed by atoms with Crippen LogP contribution in [0.25, 0.3) is 0 Å². The number of rotatable bonds is 3. The first-order chi connectivity index (χ1) is 13.0. The predicted molar refractivity (Wildman–Crippen MR) is 97.1 cm³/mol. The smallest absolute Gasteiger partial charge is 0.321 e. The van der Waals surface area contributed by atoms with Gasteiger partial charge in [0, 0.05) is 18.3 Å². The first-order valence-electron chi connectivity index (χ1n) is 8.83. The molecule has 4 amide bonds. The third kappa shape index (κ3) is 3.40. The van der Waals surface area contributed by atoms with Gasteiger partial charge in [-0.1, -0.05) is 12.1 Å². The van der Waals surface area contributed by atoms with E-state index >= 15 is 0 Å². The van der Waals surface area contributed by atoms with Gasteiger partial charge in [0.25, 0.3) is 11.8 Å². The Balaban J connectivity index is 1.47. The summed E-state index contributed by atoms with van der Waals surface area (Å²) in [6, 6.07) is 10.8. The van der Waals surface area contributed by atoms with Gasteiger partial charge in [0.05, 0.1) is 11.1 Å². The number of fused-ring (bicyclic) bond motifs is 1. The van der Waals surface area contributed by atoms with Crippen LogP contribution in [-0.4, -0.2) is 35.3 Å². The maximum Gasteiger partial charge on any atom is 0.322 e. The highest BCUT2D eigenvalue weighted by Gasteiger charge is 2.30. The van der Waals surface area contributed by atoms with E-state index in [-0.39, 0.29) is 23.5 Å². The number of carbonyl (C=O) groups excluding carboxylic acids is 3. The molecule has 2 N–H and O–H groups in total. The van der Waals surface area contributed by atoms with Crippen LogP contribution in [0.4, 0.5) is 14.9 Å². The van der Waals surface area contributed by atoms with E-state index in [0.29, 0.717) is 24.2 Å². The van der Waals surface area contributed by atoms with Crippen LogP contribution in [-0.2, 0) is 6.42 Å². The fraction of sp³-hybridized carbons (Fsp3) is 0.250. The van der Waals surface area contributed by atoms with E-state index in [1.807, 2.05) is 6.07 Å². The molecule has 0 unspecified atom stereocenters. The van der Waals surface area contributed by atoms with E-state index in [1.165, 1.54) is 24.3 Å². The molecule has 7 heteroatoms. The minimum absolute atomic E-state index is 0.00824. The Morgan fingerprint density at radius 3 is 2.78 bits per heavy atom. The number of imide groups is 1. The van der Waals surface area contributed by atoms with Crippen LogP contribution in [0.2, 0.25) is 0 Å². The highest BCUT2D eigenvalue weighted by molar-refractivity contribution is 6.22. The highest BCUT2D eigenvalue weighted by atomic mass is 19.1. The molecular weight excluding hydrogens is 349 g/mol. The largest absolute Gasteiger partial charge is 0.322 e. The fourth-order valence-corrected chi connectivity index (χ4v) is 3.69. The van der Waals surface area contributed by atoms with Crippen molar-refractivity contribution in [1.29, 1.82) is 0 Å². The van der Waals surface area contributed by atoms with Crippen molar-refractivity contribution in [3.63, 3.8) is 0 Å². The lowest BCUT2D eigenvalue weighted by Gasteiger charge is -2.25. The van der Waals surface area contributed by atoms with E-state index < -0.39 is 11.8 Å². The molecule has 0 aromatic heterocycles. The molecule has 1 saturated heterocycles. The lowest BCUT2D eigenvalue weighted by atomic mass is 10.0. The summed E-state index contributed by atoms with van der Waals surface area (Å²) < 4.78 is 13.4. The van der Waals surface area contributed by atoms with Crippen molar-refractivity contribution in [2.24, 2.45) is 0 Å². The SMILES string of the molecule is O=C1NC(=O)c2cc(NC(=O)N3CCC[C@H]3Cc3cccc(F)c3)ccc21. The minimum Gasteiger partial charge on any atom is -0.321 e. The predicted octanol–water partition coefficient (Wildman–Crippen LogP) is 2.95. The van der Waals surface area contributed by atoms with Gasteiger partial charge in [-0.3, -0.25) is 14.9 Å². The van der Waals surface area contributed by atoms with Gasteiger partial charge < -0.3 is 10.2 Å². The average Bonchev–Trinajstić information content (AvgIpc) is 3.20. The molecule has 1 atom stereocenters. The van der Waals surface area contributed by atoms with Crippen molar-refractivity contribution in [3.8, 4) is 0 Å². The third-order valence-electron chi connectivity index (χ3n) is 4.99. The molecule has 0 spiro atoms. The van der Waals surface area contributed by atoms with Gasteiger partial charge in [-0.25, -0.2) is 9.18 Å². The molecule has 0 bridgehead atoms. The first kappa shape index (κ1) is 17.2. The van der Waals surface area contributed by atoms with E-state index in [2.05, 4.69) is 10.6 Å². The minimum atomic E-state index is -0.462. The molecule has 0 aliphatic carbocycles. The third-order valence-corrected chi connectivity index (χ3v) is 4.99. The number of benzene rings is 2. The van der Waals surface area contributed by atoms with E-state index in [4.69, 9.17) is 0 Å². The number of carbonyl (C=O) groups is 3. The van der Waals surface area contributed by atoms with Gasteiger partial charge in [-0.2, -0.15) is 0 Å². The second-order valence-corrected chi connectivity index (χ2v) is 6.80. The maximum atomic E-state index is 13.4. The van der Waals surface area contributed by atoms with Crippen LogP contribution in [0, 0.1) is 5.82 Å². The monoisotopic (exact) mass is 367 g/mol. The molecule has 2 aliphatic heterocycles. The van der Waals surface area contributed by atoms with Crippen LogP contribution >= 0.6 is 0 Å². The van der Waals surface area contributed by atoms with Crippen molar-refractivity contribution < 1.29 is 18.8 Å². The van der Waals surface area contributed by atoms with Crippen molar-refractivity contribution in [1.82, 2.24) is 10.2 Å². The molecule has 2 heterocycles. The van der Waals surface area contributed by atoms with Crippen molar-refractivity contribution in [3.05, 3.63) is 65.0 Å². The number of hydrogen-bond donors (Lipinski definition) is 2. The Morgan fingerprint density at radius 1 is 1.15 bits per heavy atom. The van der Waals surface area contributed by atoms with Crippen LogP contribution in [0.3, 0.4) is 0 Å². The summed E-state index contributed by atoms with van der Waals surface area (Å²) in [5.41, 5.74) is 1.88. The second-order valence-electron chi connectivity index (χ2n) is 6.80. The zero-order valence-electron chi connectivity index (χ0n) is 14.5. The first-order valence-corrected chi connectivity index (χ1v) is 8.83. The molecule has 1 fully saturated rings. The van der Waals surface area contributed by atoms with Gasteiger partial charge in [-0.05, 0) is 55.2 Å². The van der Waals surface area contributed by atoms with E-state index in [9.17, 15) is 18.8 Å². The number of halogens is 1. The molecule has 6 nitrogen and oxygen atoms in total. The second kappa shape index (κ2) is 6.83. The number of anilines is 1. The van der Waals surface area contributed by atoms with E-state index in [1.54, 1.807) is 17.0 Å². The quantitative estimate of drug-likeness (QED) is 0.819. The van der Waals surface area contributed by atoms with Gasteiger partial charge >= 0.3 is 6.03 Å². The molecule has 138 valence electrons. The Hall–Kier alpha value is -3.22. The zero-order valence-corrected chi connectivity index (χ0v) is 14.5. The van der Waals surface area contributed by atoms with Crippen molar-refractivity contribution in [2.45, 2.75) is 25.3 Å². The molecule has 2 aromatic carbocycles. The average molecular weight is 367 g/mol. The Kier molecular flexibility index (Phi) is 4.35. The number of nitrogens with zero attached hydrogens (tertiary/aromatic N) is 1. The number of likely N-dealkylation sites (tertiary alicyclic amines) is 1. The Labute approximate surface area is 155 Å². The number of hydrogen-bond acceptors (Lipinski definition) is 3. The summed E-state index contributed by atoms with van der Waals surface area (Å²) in [5.74, 6) is -1.17. The van der Waals surface area contributed by atoms with Crippen molar-refractivity contribution in [2.75, 3.05) is 11.9 Å². The van der Waals surface area contributed by atoms with Gasteiger partial charge in [0.2, 0.25) is 0 Å². The van der Waals surface area contributed by atoms with Crippen molar-refractivity contribution >= 4 is 23.5 Å². The van der Waals surface area contributed by atoms with Crippen LogP contribution in [0.5, 0.6) is 0 Å². The molecular formula is C20H18FN3O3. The molecule has 2 aliphatic rings. The standard InChI is InChI=1S/C20H18FN3O3/c21-13-4-1-3-12(9-13)10-15-5-2-8-24(15)20(27)22-14-6-7-16-17(11-14)19(26)23-18(16)25/h1,3-4,6-7,9,11,15H,2,5,8,10H2,(H,22,27)(H,23,25,26)/t15-/m0/s1. The van der Waals surface area contributed by atoms with Crippen LogP contribution in [0.15, 0.2) is 42.5 Å². The number of nitrogens with one attached hydrogen (secondary N) is 2. The highest BCUT2D eigenvalue weighted by Crippen LogP contribution is 2.24. The summed E-state index contributed by atoms with van der Waals surface area (Å²) in [6.45, 7) is 0.621. The Bertz CT molecular complexity index is 944. The maximum absolute atomic E-state index is 13.4. The summed E-state index contributed by atoms with van der Waals surface area (Å²) in [7, 11) is 0. The number of amides is 4. The molecule has 0 radical (unpaired) electrons. The molecule has 0 saturated carbocycles. The number of urea groups is 1. The lowest BCUT2D eigenvalue weighted by molar-refractivity contribution is 0.0879. The van der Waals surface area contributed by atoms with E-state index in [0.717, 1.165) is 18.4 Å².